The number of hydrogen-bond acceptors (Lipinski definition) is 4. The van der Waals surface area contributed by atoms with Crippen LogP contribution in [0, 0.1) is 0 Å². The molecule has 0 bridgehead atoms. The van der Waals surface area contributed by atoms with Crippen LogP contribution >= 0.6 is 0 Å². The second-order valence-corrected chi connectivity index (χ2v) is 6.40. The van der Waals surface area contributed by atoms with Crippen molar-refractivity contribution in [2.45, 2.75) is 24.5 Å². The number of ether oxygens (including phenoxy) is 3. The smallest absolute Gasteiger partial charge is 0.247 e. The number of hydrogen-bond donors (Lipinski definition) is 0. The molecule has 5 heteroatoms. The van der Waals surface area contributed by atoms with Crippen LogP contribution in [0.15, 0.2) is 35.9 Å². The van der Waals surface area contributed by atoms with Gasteiger partial charge in [0.05, 0.1) is 25.9 Å². The molecule has 0 N–H and O–H groups in total. The summed E-state index contributed by atoms with van der Waals surface area (Å²) in [7, 11) is 4.99. The molecule has 3 aliphatic rings. The largest absolute Gasteiger partial charge is 0.493 e. The molecule has 2 aliphatic heterocycles. The van der Waals surface area contributed by atoms with E-state index in [2.05, 4.69) is 0 Å². The van der Waals surface area contributed by atoms with Crippen molar-refractivity contribution in [3.8, 4) is 11.5 Å². The number of fused-ring (bicyclic) bond motifs is 1. The van der Waals surface area contributed by atoms with E-state index >= 15 is 0 Å². The molecule has 5 nitrogen and oxygen atoms in total. The Labute approximate surface area is 141 Å². The highest BCUT2D eigenvalue weighted by Gasteiger charge is 2.53. The molecule has 0 saturated carbocycles. The SMILES string of the molecule is COc1cc2c(cc1OC)[C@]13CC(OC)C=CC1=CC(=O)N3CC2. The summed E-state index contributed by atoms with van der Waals surface area (Å²) in [5.74, 6) is 1.49. The van der Waals surface area contributed by atoms with Crippen LogP contribution in [0.5, 0.6) is 11.5 Å². The van der Waals surface area contributed by atoms with Gasteiger partial charge in [0, 0.05) is 26.2 Å². The summed E-state index contributed by atoms with van der Waals surface area (Å²) < 4.78 is 16.5. The molecule has 2 heterocycles. The lowest BCUT2D eigenvalue weighted by atomic mass is 9.71. The van der Waals surface area contributed by atoms with Crippen molar-refractivity contribution in [3.05, 3.63) is 47.1 Å². The fraction of sp³-hybridized carbons (Fsp3) is 0.421. The van der Waals surface area contributed by atoms with Gasteiger partial charge in [0.2, 0.25) is 5.91 Å². The van der Waals surface area contributed by atoms with Crippen molar-refractivity contribution < 1.29 is 19.0 Å². The lowest BCUT2D eigenvalue weighted by molar-refractivity contribution is -0.130. The maximum absolute atomic E-state index is 12.6. The number of carbonyl (C=O) groups is 1. The number of carbonyl (C=O) groups excluding carboxylic acids is 1. The van der Waals surface area contributed by atoms with Gasteiger partial charge in [-0.05, 0) is 35.3 Å². The minimum absolute atomic E-state index is 0.0189. The third-order valence-corrected chi connectivity index (χ3v) is 5.43. The van der Waals surface area contributed by atoms with E-state index in [0.717, 1.165) is 29.7 Å². The van der Waals surface area contributed by atoms with Gasteiger partial charge in [-0.15, -0.1) is 0 Å². The summed E-state index contributed by atoms with van der Waals surface area (Å²) in [5, 5.41) is 0. The quantitative estimate of drug-likeness (QED) is 0.854. The summed E-state index contributed by atoms with van der Waals surface area (Å²) in [6.45, 7) is 0.700. The Kier molecular flexibility index (Phi) is 3.42. The van der Waals surface area contributed by atoms with Gasteiger partial charge in [-0.1, -0.05) is 12.2 Å². The fourth-order valence-corrected chi connectivity index (χ4v) is 4.28. The maximum Gasteiger partial charge on any atom is 0.247 e. The summed E-state index contributed by atoms with van der Waals surface area (Å²) in [6, 6.07) is 4.07. The molecule has 0 fully saturated rings. The van der Waals surface area contributed by atoms with Gasteiger partial charge in [-0.25, -0.2) is 0 Å². The summed E-state index contributed by atoms with van der Waals surface area (Å²) >= 11 is 0. The third kappa shape index (κ3) is 1.88. The number of nitrogens with zero attached hydrogens (tertiary/aromatic N) is 1. The molecular formula is C19H21NO4. The van der Waals surface area contributed by atoms with Gasteiger partial charge in [0.25, 0.3) is 0 Å². The Morgan fingerprint density at radius 1 is 1.17 bits per heavy atom. The van der Waals surface area contributed by atoms with Crippen molar-refractivity contribution in [1.29, 1.82) is 0 Å². The number of amides is 1. The van der Waals surface area contributed by atoms with Gasteiger partial charge >= 0.3 is 0 Å². The molecule has 4 rings (SSSR count). The van der Waals surface area contributed by atoms with E-state index in [1.54, 1.807) is 27.4 Å². The van der Waals surface area contributed by atoms with E-state index in [9.17, 15) is 4.79 Å². The summed E-state index contributed by atoms with van der Waals surface area (Å²) in [5.41, 5.74) is 2.90. The normalized spacial score (nSPS) is 27.3. The molecule has 1 aliphatic carbocycles. The molecular weight excluding hydrogens is 306 g/mol. The first kappa shape index (κ1) is 15.3. The van der Waals surface area contributed by atoms with Crippen LogP contribution in [0.4, 0.5) is 0 Å². The Morgan fingerprint density at radius 3 is 2.62 bits per heavy atom. The average Bonchev–Trinajstić information content (AvgIpc) is 2.91. The Bertz CT molecular complexity index is 767. The lowest BCUT2D eigenvalue weighted by Gasteiger charge is -2.48. The van der Waals surface area contributed by atoms with Crippen molar-refractivity contribution in [2.24, 2.45) is 0 Å². The van der Waals surface area contributed by atoms with Crippen molar-refractivity contribution >= 4 is 5.91 Å². The van der Waals surface area contributed by atoms with Gasteiger partial charge in [0.15, 0.2) is 11.5 Å². The zero-order chi connectivity index (χ0) is 16.9. The molecule has 2 atom stereocenters. The van der Waals surface area contributed by atoms with E-state index in [-0.39, 0.29) is 12.0 Å². The maximum atomic E-state index is 12.6. The molecule has 1 spiro atoms. The van der Waals surface area contributed by atoms with E-state index in [1.165, 1.54) is 5.56 Å². The Balaban J connectivity index is 1.94. The van der Waals surface area contributed by atoms with Gasteiger partial charge in [0.1, 0.15) is 0 Å². The predicted molar refractivity (Wildman–Crippen MR) is 89.3 cm³/mol. The van der Waals surface area contributed by atoms with Crippen molar-refractivity contribution in [2.75, 3.05) is 27.9 Å². The van der Waals surface area contributed by atoms with E-state index in [0.29, 0.717) is 12.3 Å². The Hall–Kier alpha value is -2.27. The molecule has 1 aromatic rings. The van der Waals surface area contributed by atoms with Crippen LogP contribution in [0.3, 0.4) is 0 Å². The number of rotatable bonds is 3. The molecule has 126 valence electrons. The molecule has 0 saturated heterocycles. The minimum Gasteiger partial charge on any atom is -0.493 e. The standard InChI is InChI=1S/C19H21NO4/c1-22-14-5-4-13-9-18(21)20-7-6-12-8-16(23-2)17(24-3)10-15(12)19(13,20)11-14/h4-5,8-10,14H,6-7,11H2,1-3H3/t14?,19-/m0/s1. The lowest BCUT2D eigenvalue weighted by Crippen LogP contribution is -2.52. The van der Waals surface area contributed by atoms with Crippen molar-refractivity contribution in [3.63, 3.8) is 0 Å². The molecule has 1 amide bonds. The van der Waals surface area contributed by atoms with Crippen LogP contribution in [0.2, 0.25) is 0 Å². The second kappa shape index (κ2) is 5.38. The Morgan fingerprint density at radius 2 is 1.92 bits per heavy atom. The van der Waals surface area contributed by atoms with Crippen LogP contribution in [-0.4, -0.2) is 44.8 Å². The third-order valence-electron chi connectivity index (χ3n) is 5.43. The molecule has 1 unspecified atom stereocenters. The van der Waals surface area contributed by atoms with Crippen LogP contribution in [0.25, 0.3) is 0 Å². The van der Waals surface area contributed by atoms with Crippen LogP contribution in [-0.2, 0) is 21.5 Å². The average molecular weight is 327 g/mol. The zero-order valence-electron chi connectivity index (χ0n) is 14.2. The topological polar surface area (TPSA) is 48.0 Å². The number of methoxy groups -OCH3 is 3. The first-order chi connectivity index (χ1) is 11.6. The summed E-state index contributed by atoms with van der Waals surface area (Å²) in [6.07, 6.45) is 7.33. The number of benzene rings is 1. The van der Waals surface area contributed by atoms with Crippen molar-refractivity contribution in [1.82, 2.24) is 4.90 Å². The summed E-state index contributed by atoms with van der Waals surface area (Å²) in [4.78, 5) is 14.5. The van der Waals surface area contributed by atoms with Gasteiger partial charge < -0.3 is 19.1 Å². The first-order valence-corrected chi connectivity index (χ1v) is 8.14. The van der Waals surface area contributed by atoms with E-state index in [4.69, 9.17) is 14.2 Å². The second-order valence-electron chi connectivity index (χ2n) is 6.40. The van der Waals surface area contributed by atoms with Crippen LogP contribution in [0.1, 0.15) is 17.5 Å². The fourth-order valence-electron chi connectivity index (χ4n) is 4.28. The highest BCUT2D eigenvalue weighted by molar-refractivity contribution is 5.95. The molecule has 0 radical (unpaired) electrons. The van der Waals surface area contributed by atoms with Crippen LogP contribution < -0.4 is 9.47 Å². The van der Waals surface area contributed by atoms with E-state index in [1.807, 2.05) is 29.2 Å². The van der Waals surface area contributed by atoms with Gasteiger partial charge in [-0.3, -0.25) is 4.79 Å². The molecule has 24 heavy (non-hydrogen) atoms. The molecule has 0 aromatic heterocycles. The van der Waals surface area contributed by atoms with E-state index < -0.39 is 5.54 Å². The van der Waals surface area contributed by atoms with Gasteiger partial charge in [-0.2, -0.15) is 0 Å². The highest BCUT2D eigenvalue weighted by Crippen LogP contribution is 2.52. The highest BCUT2D eigenvalue weighted by atomic mass is 16.5. The molecule has 1 aromatic carbocycles. The minimum atomic E-state index is -0.459. The first-order valence-electron chi connectivity index (χ1n) is 8.14. The predicted octanol–water partition coefficient (Wildman–Crippen LogP) is 2.20. The zero-order valence-corrected chi connectivity index (χ0v) is 14.2. The monoisotopic (exact) mass is 327 g/mol.